The van der Waals surface area contributed by atoms with Gasteiger partial charge >= 0.3 is 0 Å². The van der Waals surface area contributed by atoms with Gasteiger partial charge in [0.25, 0.3) is 0 Å². The summed E-state index contributed by atoms with van der Waals surface area (Å²) in [6.45, 7) is 9.50. The average Bonchev–Trinajstić information content (AvgIpc) is 3.03. The molecule has 242 valence electrons. The SMILES string of the molecule is CCOCCOc1ccc([S+](c2ccc(OCCOCC)cc2)c2ccc(N(C)C)cc2)cc1.Cc1ccc(S(=O)(=O)[O-])cc1. The topological polar surface area (TPSA) is 97.4 Å². The molecule has 0 atom stereocenters. The third-order valence-electron chi connectivity index (χ3n) is 6.42. The first-order chi connectivity index (χ1) is 21.6. The van der Waals surface area contributed by atoms with Crippen LogP contribution in [-0.2, 0) is 30.5 Å². The second-order valence-electron chi connectivity index (χ2n) is 10.00. The summed E-state index contributed by atoms with van der Waals surface area (Å²) in [5.41, 5.74) is 2.11. The van der Waals surface area contributed by atoms with E-state index in [0.29, 0.717) is 39.6 Å². The van der Waals surface area contributed by atoms with Crippen molar-refractivity contribution in [1.82, 2.24) is 0 Å². The van der Waals surface area contributed by atoms with E-state index in [2.05, 4.69) is 67.5 Å². The van der Waals surface area contributed by atoms with Gasteiger partial charge in [0.2, 0.25) is 0 Å². The number of rotatable bonds is 15. The molecular weight excluding hydrogens is 611 g/mol. The van der Waals surface area contributed by atoms with Crippen molar-refractivity contribution in [2.45, 2.75) is 40.4 Å². The Kier molecular flexibility index (Phi) is 14.7. The maximum atomic E-state index is 10.4. The number of nitrogens with zero attached hydrogens (tertiary/aromatic N) is 1. The smallest absolute Gasteiger partial charge is 0.166 e. The summed E-state index contributed by atoms with van der Waals surface area (Å²) in [6.07, 6.45) is 0. The third kappa shape index (κ3) is 12.1. The van der Waals surface area contributed by atoms with Crippen molar-refractivity contribution in [3.8, 4) is 11.5 Å². The molecule has 0 unspecified atom stereocenters. The quantitative estimate of drug-likeness (QED) is 0.0807. The number of benzene rings is 4. The summed E-state index contributed by atoms with van der Waals surface area (Å²) in [7, 11) is -0.401. The summed E-state index contributed by atoms with van der Waals surface area (Å²) in [4.78, 5) is 5.67. The molecule has 4 rings (SSSR count). The summed E-state index contributed by atoms with van der Waals surface area (Å²) in [6, 6.07) is 31.4. The largest absolute Gasteiger partial charge is 0.744 e. The monoisotopic (exact) mass is 653 g/mol. The lowest BCUT2D eigenvalue weighted by molar-refractivity contribution is 0.110. The number of hydrogen-bond donors (Lipinski definition) is 0. The maximum absolute atomic E-state index is 10.4. The third-order valence-corrected chi connectivity index (χ3v) is 9.50. The Morgan fingerprint density at radius 1 is 0.622 bits per heavy atom. The van der Waals surface area contributed by atoms with Crippen molar-refractivity contribution in [3.05, 3.63) is 103 Å². The van der Waals surface area contributed by atoms with E-state index in [0.717, 1.165) is 17.1 Å². The van der Waals surface area contributed by atoms with E-state index in [1.165, 1.54) is 32.5 Å². The Morgan fingerprint density at radius 3 is 1.38 bits per heavy atom. The first-order valence-electron chi connectivity index (χ1n) is 14.8. The summed E-state index contributed by atoms with van der Waals surface area (Å²) in [5.74, 6) is 1.71. The van der Waals surface area contributed by atoms with Crippen molar-refractivity contribution in [3.63, 3.8) is 0 Å². The van der Waals surface area contributed by atoms with E-state index in [9.17, 15) is 13.0 Å². The first kappa shape index (κ1) is 35.9. The van der Waals surface area contributed by atoms with Crippen molar-refractivity contribution >= 4 is 26.7 Å². The Morgan fingerprint density at radius 2 is 1.02 bits per heavy atom. The molecule has 0 aliphatic rings. The highest BCUT2D eigenvalue weighted by molar-refractivity contribution is 7.97. The van der Waals surface area contributed by atoms with Gasteiger partial charge in [-0.25, -0.2) is 8.42 Å². The van der Waals surface area contributed by atoms with Crippen LogP contribution in [0.3, 0.4) is 0 Å². The summed E-state index contributed by atoms with van der Waals surface area (Å²) in [5, 5.41) is 0. The van der Waals surface area contributed by atoms with Gasteiger partial charge in [0, 0.05) is 33.0 Å². The maximum Gasteiger partial charge on any atom is 0.166 e. The van der Waals surface area contributed by atoms with Gasteiger partial charge in [-0.2, -0.15) is 0 Å². The predicted molar refractivity (Wildman–Crippen MR) is 179 cm³/mol. The Bertz CT molecular complexity index is 1450. The average molecular weight is 654 g/mol. The van der Waals surface area contributed by atoms with Gasteiger partial charge in [-0.15, -0.1) is 0 Å². The molecule has 0 amide bonds. The van der Waals surface area contributed by atoms with E-state index >= 15 is 0 Å². The molecule has 0 aliphatic heterocycles. The molecule has 0 heterocycles. The van der Waals surface area contributed by atoms with Crippen LogP contribution in [0.15, 0.2) is 117 Å². The molecule has 0 N–H and O–H groups in total. The molecule has 10 heteroatoms. The van der Waals surface area contributed by atoms with Crippen LogP contribution in [0.2, 0.25) is 0 Å². The van der Waals surface area contributed by atoms with Gasteiger partial charge in [0.1, 0.15) is 34.8 Å². The van der Waals surface area contributed by atoms with Crippen molar-refractivity contribution in [2.75, 3.05) is 58.6 Å². The van der Waals surface area contributed by atoms with Gasteiger partial charge in [0.15, 0.2) is 14.7 Å². The number of hydrogen-bond acceptors (Lipinski definition) is 8. The van der Waals surface area contributed by atoms with Crippen LogP contribution >= 0.6 is 0 Å². The predicted octanol–water partition coefficient (Wildman–Crippen LogP) is 6.58. The molecular formula is C35H43NO7S2. The van der Waals surface area contributed by atoms with E-state index < -0.39 is 10.1 Å². The van der Waals surface area contributed by atoms with Crippen LogP contribution in [0.25, 0.3) is 0 Å². The van der Waals surface area contributed by atoms with Crippen LogP contribution in [-0.4, -0.2) is 66.7 Å². The fourth-order valence-corrected chi connectivity index (χ4v) is 6.57. The van der Waals surface area contributed by atoms with Gasteiger partial charge < -0.3 is 28.4 Å². The Labute approximate surface area is 271 Å². The zero-order chi connectivity index (χ0) is 32.7. The normalized spacial score (nSPS) is 11.1. The van der Waals surface area contributed by atoms with E-state index in [1.54, 1.807) is 12.1 Å². The molecule has 0 bridgehead atoms. The minimum absolute atomic E-state index is 0.178. The Hall–Kier alpha value is -3.54. The Balaban J connectivity index is 0.000000423. The molecule has 8 nitrogen and oxygen atoms in total. The highest BCUT2D eigenvalue weighted by Crippen LogP contribution is 2.34. The zero-order valence-electron chi connectivity index (χ0n) is 26.6. The highest BCUT2D eigenvalue weighted by atomic mass is 32.2. The second kappa shape index (κ2) is 18.4. The molecule has 0 aromatic heterocycles. The summed E-state index contributed by atoms with van der Waals surface area (Å²) < 4.78 is 53.5. The second-order valence-corrected chi connectivity index (χ2v) is 13.4. The van der Waals surface area contributed by atoms with E-state index in [4.69, 9.17) is 18.9 Å². The number of aryl methyl sites for hydroxylation is 1. The zero-order valence-corrected chi connectivity index (χ0v) is 28.2. The number of anilines is 1. The van der Waals surface area contributed by atoms with Gasteiger partial charge in [0.05, 0.1) is 29.0 Å². The molecule has 0 radical (unpaired) electrons. The molecule has 4 aromatic rings. The van der Waals surface area contributed by atoms with Crippen LogP contribution in [0.5, 0.6) is 11.5 Å². The van der Waals surface area contributed by atoms with E-state index in [-0.39, 0.29) is 15.8 Å². The molecule has 0 aliphatic carbocycles. The van der Waals surface area contributed by atoms with Crippen molar-refractivity contribution in [2.24, 2.45) is 0 Å². The van der Waals surface area contributed by atoms with Gasteiger partial charge in [-0.1, -0.05) is 17.7 Å². The van der Waals surface area contributed by atoms with Crippen LogP contribution < -0.4 is 14.4 Å². The van der Waals surface area contributed by atoms with Crippen LogP contribution in [0.1, 0.15) is 19.4 Å². The van der Waals surface area contributed by atoms with Gasteiger partial charge in [-0.05, 0) is 106 Å². The molecule has 0 fully saturated rings. The molecule has 0 saturated carbocycles. The summed E-state index contributed by atoms with van der Waals surface area (Å²) >= 11 is 0. The van der Waals surface area contributed by atoms with Crippen LogP contribution in [0.4, 0.5) is 5.69 Å². The highest BCUT2D eigenvalue weighted by Gasteiger charge is 2.29. The first-order valence-corrected chi connectivity index (χ1v) is 17.4. The molecule has 0 saturated heterocycles. The minimum atomic E-state index is -4.27. The van der Waals surface area contributed by atoms with Crippen molar-refractivity contribution < 1.29 is 31.9 Å². The minimum Gasteiger partial charge on any atom is -0.744 e. The molecule has 4 aromatic carbocycles. The fraction of sp³-hybridized carbons (Fsp3) is 0.314. The molecule has 45 heavy (non-hydrogen) atoms. The standard InChI is InChI=1S/C28H36NO4S.C7H8O3S/c1-5-30-19-21-32-24-9-15-27(16-10-24)34(26-13-7-23(8-14-26)29(3)4)28-17-11-25(12-18-28)33-22-20-31-6-2;1-6-2-4-7(5-3-6)11(8,9)10/h7-18H,5-6,19-22H2,1-4H3;2-5H,1H3,(H,8,9,10)/q+1;/p-1. The number of ether oxygens (including phenoxy) is 4. The van der Waals surface area contributed by atoms with Crippen LogP contribution in [0, 0.1) is 6.92 Å². The van der Waals surface area contributed by atoms with E-state index in [1.807, 2.05) is 45.0 Å². The lowest BCUT2D eigenvalue weighted by Crippen LogP contribution is -2.10. The van der Waals surface area contributed by atoms with Gasteiger partial charge in [-0.3, -0.25) is 0 Å². The fourth-order valence-electron chi connectivity index (χ4n) is 4.06. The lowest BCUT2D eigenvalue weighted by atomic mass is 10.2. The lowest BCUT2D eigenvalue weighted by Gasteiger charge is -2.14. The molecule has 0 spiro atoms. The van der Waals surface area contributed by atoms with Crippen molar-refractivity contribution in [1.29, 1.82) is 0 Å².